The molecule has 0 heteroatoms. The minimum atomic E-state index is 0. The van der Waals surface area contributed by atoms with Crippen LogP contribution in [0, 0.1) is 0 Å². The van der Waals surface area contributed by atoms with Crippen molar-refractivity contribution < 1.29 is 0 Å². The Morgan fingerprint density at radius 2 is 0.667 bits per heavy atom. The third-order valence-electron chi connectivity index (χ3n) is 0.500. The monoisotopic (exact) mass is 222 g/mol. The third kappa shape index (κ3) is 1120. The molecule has 0 aromatic carbocycles. The molecule has 0 radical (unpaired) electrons. The molecule has 0 unspecified atom stereocenters. The van der Waals surface area contributed by atoms with E-state index in [0.29, 0.717) is 0 Å². The number of allylic oxidation sites excluding steroid dienone is 4. The Balaban J connectivity index is -0.00000000468. The van der Waals surface area contributed by atoms with Gasteiger partial charge in [-0.05, 0) is 13.8 Å². The molecule has 0 N–H and O–H groups in total. The summed E-state index contributed by atoms with van der Waals surface area (Å²) >= 11 is 0. The summed E-state index contributed by atoms with van der Waals surface area (Å²) in [6.07, 6.45) is 7.28. The smallest absolute Gasteiger partial charge is 0.0470 e. The van der Waals surface area contributed by atoms with E-state index in [-0.39, 0.29) is 52.0 Å². The molecule has 0 atom stereocenters. The normalized spacial score (nSPS) is 3.87. The minimum Gasteiger partial charge on any atom is -0.0991 e. The summed E-state index contributed by atoms with van der Waals surface area (Å²) in [5, 5.41) is 0. The van der Waals surface area contributed by atoms with Gasteiger partial charge in [-0.1, -0.05) is 89.4 Å². The molecule has 0 aliphatic rings. The second kappa shape index (κ2) is 190. The van der Waals surface area contributed by atoms with E-state index < -0.39 is 0 Å². The Labute approximate surface area is 104 Å². The Morgan fingerprint density at radius 1 is 0.533 bits per heavy atom. The molecule has 0 aromatic rings. The maximum absolute atomic E-state index is 3.36. The summed E-state index contributed by atoms with van der Waals surface area (Å²) in [6, 6.07) is 0. The molecule has 0 fully saturated rings. The van der Waals surface area contributed by atoms with Crippen LogP contribution in [-0.4, -0.2) is 0 Å². The Hall–Kier alpha value is -0.780. The van der Waals surface area contributed by atoms with Gasteiger partial charge in [0.25, 0.3) is 0 Å². The lowest BCUT2D eigenvalue weighted by atomic mass is 10.6. The Morgan fingerprint density at radius 3 is 0.667 bits per heavy atom. The molecule has 0 aliphatic heterocycles. The Bertz CT molecular complexity index is 58.1. The molecule has 102 valence electrons. The first kappa shape index (κ1) is 91.2. The molecule has 0 aliphatic carbocycles. The lowest BCUT2D eigenvalue weighted by Gasteiger charge is -1.49. The van der Waals surface area contributed by atoms with Crippen molar-refractivity contribution in [2.75, 3.05) is 0 Å². The van der Waals surface area contributed by atoms with Crippen LogP contribution in [0.1, 0.15) is 65.8 Å². The molecular weight excluding hydrogens is 180 g/mol. The fourth-order valence-electron chi connectivity index (χ4n) is 0. The van der Waals surface area contributed by atoms with E-state index >= 15 is 0 Å². The summed E-state index contributed by atoms with van der Waals surface area (Å²) < 4.78 is 0. The lowest BCUT2D eigenvalue weighted by Crippen LogP contribution is -1.26. The van der Waals surface area contributed by atoms with Gasteiger partial charge in [-0.25, -0.2) is 0 Å². The quantitative estimate of drug-likeness (QED) is 0.320. The largest absolute Gasteiger partial charge is 0.0991 e. The molecule has 0 saturated carbocycles. The van der Waals surface area contributed by atoms with Gasteiger partial charge >= 0.3 is 0 Å². The first-order valence-corrected chi connectivity index (χ1v) is 2.64. The van der Waals surface area contributed by atoms with Gasteiger partial charge < -0.3 is 0 Å². The predicted octanol–water partition coefficient (Wildman–Crippen LogP) is 7.39. The topological polar surface area (TPSA) is 0 Å². The van der Waals surface area contributed by atoms with Crippen molar-refractivity contribution in [1.82, 2.24) is 0 Å². The molecule has 0 saturated heterocycles. The van der Waals surface area contributed by atoms with Crippen LogP contribution in [0.2, 0.25) is 0 Å². The van der Waals surface area contributed by atoms with Crippen molar-refractivity contribution in [2.45, 2.75) is 65.8 Å². The van der Waals surface area contributed by atoms with E-state index in [9.17, 15) is 0 Å². The molecule has 0 rings (SSSR count). The first-order chi connectivity index (χ1) is 3.83. The van der Waals surface area contributed by atoms with E-state index in [2.05, 4.69) is 13.2 Å². The highest BCUT2D eigenvalue weighted by atomic mass is 13.4. The highest BCUT2D eigenvalue weighted by Crippen LogP contribution is 1.57. The standard InChI is InChI=1S/C4H8.C4H6.7CH4/c2*1-3-4-2;;;;;;;/h3-4H,1-2H3;3-4H,1-2H2;7*1H4. The fourth-order valence-corrected chi connectivity index (χ4v) is 0. The minimum absolute atomic E-state index is 0. The number of hydrogen-bond acceptors (Lipinski definition) is 0. The lowest BCUT2D eigenvalue weighted by molar-refractivity contribution is 1.64. The van der Waals surface area contributed by atoms with Crippen LogP contribution in [0.15, 0.2) is 37.5 Å². The zero-order valence-corrected chi connectivity index (χ0v) is 5.72. The van der Waals surface area contributed by atoms with Gasteiger partial charge in [0.2, 0.25) is 0 Å². The van der Waals surface area contributed by atoms with Gasteiger partial charge in [-0.15, -0.1) is 0 Å². The summed E-state index contributed by atoms with van der Waals surface area (Å²) in [7, 11) is 0. The SMILES string of the molecule is C.C.C.C.C.C.C.C=CC=C.CC=CC. The Kier molecular flexibility index (Phi) is 1160. The maximum atomic E-state index is 3.36. The average Bonchev–Trinajstić information content (AvgIpc) is 1.88. The average molecular weight is 223 g/mol. The van der Waals surface area contributed by atoms with Gasteiger partial charge in [0.05, 0.1) is 0 Å². The zero-order valence-electron chi connectivity index (χ0n) is 5.72. The molecule has 0 nitrogen and oxygen atoms in total. The number of hydrogen-bond donors (Lipinski definition) is 0. The van der Waals surface area contributed by atoms with E-state index in [1.165, 1.54) is 0 Å². The summed E-state index contributed by atoms with van der Waals surface area (Å²) in [5.41, 5.74) is 0. The fraction of sp³-hybridized carbons (Fsp3) is 0.600. The van der Waals surface area contributed by atoms with Crippen molar-refractivity contribution in [3.63, 3.8) is 0 Å². The number of rotatable bonds is 1. The van der Waals surface area contributed by atoms with Gasteiger partial charge in [-0.2, -0.15) is 0 Å². The van der Waals surface area contributed by atoms with Crippen LogP contribution in [0.3, 0.4) is 0 Å². The van der Waals surface area contributed by atoms with Crippen LogP contribution in [0.25, 0.3) is 0 Å². The molecule has 0 amide bonds. The van der Waals surface area contributed by atoms with Crippen LogP contribution >= 0.6 is 0 Å². The molecule has 0 heterocycles. The highest BCUT2D eigenvalue weighted by molar-refractivity contribution is 4.88. The van der Waals surface area contributed by atoms with Crippen LogP contribution in [0.5, 0.6) is 0 Å². The highest BCUT2D eigenvalue weighted by Gasteiger charge is 1.34. The van der Waals surface area contributed by atoms with Crippen molar-refractivity contribution in [2.24, 2.45) is 0 Å². The summed E-state index contributed by atoms with van der Waals surface area (Å²) in [4.78, 5) is 0. The third-order valence-corrected chi connectivity index (χ3v) is 0.500. The van der Waals surface area contributed by atoms with Crippen LogP contribution in [0.4, 0.5) is 0 Å². The second-order valence-corrected chi connectivity index (χ2v) is 1.14. The molecule has 0 spiro atoms. The van der Waals surface area contributed by atoms with Crippen molar-refractivity contribution in [3.05, 3.63) is 37.5 Å². The first-order valence-electron chi connectivity index (χ1n) is 2.64. The molecular formula is C15H42. The maximum Gasteiger partial charge on any atom is -0.0470 e. The summed E-state index contributed by atoms with van der Waals surface area (Å²) in [6.45, 7) is 10.7. The van der Waals surface area contributed by atoms with E-state index in [4.69, 9.17) is 0 Å². The van der Waals surface area contributed by atoms with E-state index in [0.717, 1.165) is 0 Å². The van der Waals surface area contributed by atoms with E-state index in [1.807, 2.05) is 26.0 Å². The van der Waals surface area contributed by atoms with E-state index in [1.54, 1.807) is 12.2 Å². The van der Waals surface area contributed by atoms with Gasteiger partial charge in [0, 0.05) is 0 Å². The van der Waals surface area contributed by atoms with Crippen molar-refractivity contribution >= 4 is 0 Å². The molecule has 15 heavy (non-hydrogen) atoms. The second-order valence-electron chi connectivity index (χ2n) is 1.14. The molecule has 0 bridgehead atoms. The predicted molar refractivity (Wildman–Crippen MR) is 88.0 cm³/mol. The van der Waals surface area contributed by atoms with Crippen LogP contribution < -0.4 is 0 Å². The molecule has 0 aromatic heterocycles. The van der Waals surface area contributed by atoms with Gasteiger partial charge in [-0.3, -0.25) is 0 Å². The zero-order chi connectivity index (χ0) is 6.83. The van der Waals surface area contributed by atoms with Crippen LogP contribution in [-0.2, 0) is 0 Å². The van der Waals surface area contributed by atoms with Crippen molar-refractivity contribution in [3.8, 4) is 0 Å². The van der Waals surface area contributed by atoms with Crippen molar-refractivity contribution in [1.29, 1.82) is 0 Å². The van der Waals surface area contributed by atoms with Gasteiger partial charge in [0.1, 0.15) is 0 Å². The van der Waals surface area contributed by atoms with Gasteiger partial charge in [0.15, 0.2) is 0 Å². The summed E-state index contributed by atoms with van der Waals surface area (Å²) in [5.74, 6) is 0.